The molecule has 0 spiro atoms. The molecule has 136 valence electrons. The summed E-state index contributed by atoms with van der Waals surface area (Å²) in [6, 6.07) is 21.5. The molecule has 2 N–H and O–H groups in total. The van der Waals surface area contributed by atoms with Crippen LogP contribution in [0.5, 0.6) is 0 Å². The largest absolute Gasteiger partial charge is 0.326 e. The van der Waals surface area contributed by atoms with Crippen LogP contribution in [0.15, 0.2) is 77.3 Å². The van der Waals surface area contributed by atoms with Crippen molar-refractivity contribution >= 4 is 50.7 Å². The van der Waals surface area contributed by atoms with Gasteiger partial charge >= 0.3 is 0 Å². The van der Waals surface area contributed by atoms with Gasteiger partial charge in [-0.2, -0.15) is 0 Å². The zero-order valence-corrected chi connectivity index (χ0v) is 16.5. The summed E-state index contributed by atoms with van der Waals surface area (Å²) in [6.07, 6.45) is 0.306. The van der Waals surface area contributed by atoms with E-state index in [-0.39, 0.29) is 11.8 Å². The third kappa shape index (κ3) is 5.42. The number of nitrogens with one attached hydrogen (secondary N) is 2. The maximum absolute atomic E-state index is 12.4. The molecule has 0 unspecified atom stereocenters. The normalized spacial score (nSPS) is 10.3. The molecule has 0 aliphatic heterocycles. The van der Waals surface area contributed by atoms with E-state index in [1.807, 2.05) is 30.3 Å². The zero-order valence-electron chi connectivity index (χ0n) is 14.2. The van der Waals surface area contributed by atoms with Gasteiger partial charge in [-0.15, -0.1) is 0 Å². The molecular weight excluding hydrogens is 428 g/mol. The minimum atomic E-state index is -0.304. The second-order valence-corrected chi connectivity index (χ2v) is 7.19. The summed E-state index contributed by atoms with van der Waals surface area (Å²) in [4.78, 5) is 24.5. The number of hydrogen-bond acceptors (Lipinski definition) is 2. The fourth-order valence-corrected chi connectivity index (χ4v) is 3.06. The van der Waals surface area contributed by atoms with Crippen LogP contribution >= 0.6 is 27.5 Å². The van der Waals surface area contributed by atoms with Crippen LogP contribution in [0.1, 0.15) is 15.9 Å². The maximum atomic E-state index is 12.4. The molecule has 0 saturated carbocycles. The van der Waals surface area contributed by atoms with Gasteiger partial charge in [0.05, 0.1) is 17.0 Å². The van der Waals surface area contributed by atoms with Crippen LogP contribution in [0, 0.1) is 0 Å². The highest BCUT2D eigenvalue weighted by atomic mass is 79.9. The Morgan fingerprint density at radius 1 is 0.852 bits per heavy atom. The predicted molar refractivity (Wildman–Crippen MR) is 112 cm³/mol. The van der Waals surface area contributed by atoms with Crippen molar-refractivity contribution in [2.45, 2.75) is 6.42 Å². The van der Waals surface area contributed by atoms with Crippen molar-refractivity contribution in [3.8, 4) is 0 Å². The summed E-state index contributed by atoms with van der Waals surface area (Å²) in [6.45, 7) is 0. The smallest absolute Gasteiger partial charge is 0.257 e. The van der Waals surface area contributed by atoms with Crippen molar-refractivity contribution in [2.24, 2.45) is 0 Å². The van der Waals surface area contributed by atoms with Gasteiger partial charge in [-0.1, -0.05) is 57.9 Å². The van der Waals surface area contributed by atoms with E-state index >= 15 is 0 Å². The van der Waals surface area contributed by atoms with Crippen LogP contribution < -0.4 is 10.6 Å². The molecule has 0 heterocycles. The van der Waals surface area contributed by atoms with Crippen molar-refractivity contribution in [1.82, 2.24) is 0 Å². The van der Waals surface area contributed by atoms with Crippen LogP contribution in [0.2, 0.25) is 5.02 Å². The van der Waals surface area contributed by atoms with Crippen LogP contribution in [0.3, 0.4) is 0 Å². The summed E-state index contributed by atoms with van der Waals surface area (Å²) in [7, 11) is 0. The highest BCUT2D eigenvalue weighted by Crippen LogP contribution is 2.22. The molecule has 0 aromatic heterocycles. The first-order chi connectivity index (χ1) is 13.0. The van der Waals surface area contributed by atoms with Gasteiger partial charge in [0.15, 0.2) is 0 Å². The molecule has 6 heteroatoms. The van der Waals surface area contributed by atoms with E-state index in [0.717, 1.165) is 10.0 Å². The Bertz CT molecular complexity index is 960. The first-order valence-corrected chi connectivity index (χ1v) is 9.38. The Morgan fingerprint density at radius 3 is 2.15 bits per heavy atom. The molecule has 0 atom stereocenters. The monoisotopic (exact) mass is 442 g/mol. The number of carbonyl (C=O) groups is 2. The lowest BCUT2D eigenvalue weighted by Gasteiger charge is -2.09. The second kappa shape index (κ2) is 8.84. The number of anilines is 2. The summed E-state index contributed by atoms with van der Waals surface area (Å²) in [5.74, 6) is -0.402. The minimum Gasteiger partial charge on any atom is -0.326 e. The number of carbonyl (C=O) groups excluding carboxylic acids is 2. The fraction of sp³-hybridized carbons (Fsp3) is 0.0476. The molecule has 4 nitrogen and oxygen atoms in total. The van der Waals surface area contributed by atoms with E-state index in [2.05, 4.69) is 26.6 Å². The molecule has 0 aliphatic carbocycles. The molecule has 27 heavy (non-hydrogen) atoms. The van der Waals surface area contributed by atoms with Gasteiger partial charge in [0.25, 0.3) is 5.91 Å². The van der Waals surface area contributed by atoms with Gasteiger partial charge in [-0.05, 0) is 48.0 Å². The van der Waals surface area contributed by atoms with Crippen molar-refractivity contribution in [3.63, 3.8) is 0 Å². The van der Waals surface area contributed by atoms with E-state index in [1.54, 1.807) is 42.5 Å². The quantitative estimate of drug-likeness (QED) is 0.544. The maximum Gasteiger partial charge on any atom is 0.257 e. The lowest BCUT2D eigenvalue weighted by atomic mass is 10.1. The molecule has 2 amide bonds. The Balaban J connectivity index is 1.61. The van der Waals surface area contributed by atoms with Crippen molar-refractivity contribution in [2.75, 3.05) is 10.6 Å². The molecular formula is C21H16BrClN2O2. The van der Waals surface area contributed by atoms with Crippen molar-refractivity contribution in [1.29, 1.82) is 0 Å². The number of benzene rings is 3. The Labute approximate surface area is 170 Å². The van der Waals surface area contributed by atoms with Crippen LogP contribution in [0.25, 0.3) is 0 Å². The van der Waals surface area contributed by atoms with Gasteiger partial charge in [-0.3, -0.25) is 9.59 Å². The first-order valence-electron chi connectivity index (χ1n) is 8.21. The van der Waals surface area contributed by atoms with Gasteiger partial charge < -0.3 is 10.6 Å². The van der Waals surface area contributed by atoms with E-state index in [0.29, 0.717) is 28.4 Å². The van der Waals surface area contributed by atoms with Crippen LogP contribution in [0.4, 0.5) is 11.4 Å². The van der Waals surface area contributed by atoms with E-state index < -0.39 is 0 Å². The van der Waals surface area contributed by atoms with E-state index in [4.69, 9.17) is 11.6 Å². The third-order valence-corrected chi connectivity index (χ3v) is 4.63. The average Bonchev–Trinajstić information content (AvgIpc) is 2.66. The number of amides is 2. The summed E-state index contributed by atoms with van der Waals surface area (Å²) >= 11 is 9.40. The Morgan fingerprint density at radius 2 is 1.48 bits per heavy atom. The summed E-state index contributed by atoms with van der Waals surface area (Å²) < 4.78 is 0.772. The molecule has 0 saturated heterocycles. The van der Waals surface area contributed by atoms with Gasteiger partial charge in [-0.25, -0.2) is 0 Å². The third-order valence-electron chi connectivity index (χ3n) is 3.81. The van der Waals surface area contributed by atoms with Crippen molar-refractivity contribution < 1.29 is 9.59 Å². The molecule has 0 bridgehead atoms. The molecule has 3 aromatic carbocycles. The molecule has 0 fully saturated rings. The highest BCUT2D eigenvalue weighted by molar-refractivity contribution is 9.10. The predicted octanol–water partition coefficient (Wildman–Crippen LogP) is 5.54. The lowest BCUT2D eigenvalue weighted by molar-refractivity contribution is -0.115. The average molecular weight is 444 g/mol. The van der Waals surface area contributed by atoms with Gasteiger partial charge in [0.2, 0.25) is 5.91 Å². The van der Waals surface area contributed by atoms with Gasteiger partial charge in [0.1, 0.15) is 0 Å². The molecule has 0 radical (unpaired) electrons. The van der Waals surface area contributed by atoms with Gasteiger partial charge in [0, 0.05) is 15.8 Å². The molecule has 0 aliphatic rings. The molecule has 3 aromatic rings. The first kappa shape index (κ1) is 19.1. The number of hydrogen-bond donors (Lipinski definition) is 2. The summed E-state index contributed by atoms with van der Waals surface area (Å²) in [5.41, 5.74) is 2.60. The van der Waals surface area contributed by atoms with Crippen molar-refractivity contribution in [3.05, 3.63) is 93.4 Å². The lowest BCUT2D eigenvalue weighted by Crippen LogP contribution is -2.15. The molecule has 3 rings (SSSR count). The second-order valence-electron chi connectivity index (χ2n) is 5.87. The van der Waals surface area contributed by atoms with Crippen LogP contribution in [-0.2, 0) is 11.2 Å². The number of rotatable bonds is 5. The SMILES string of the molecule is O=C(Cc1ccccc1)Nc1ccc(NC(=O)c2cc(Br)ccc2Cl)cc1. The summed E-state index contributed by atoms with van der Waals surface area (Å²) in [5, 5.41) is 6.01. The van der Waals surface area contributed by atoms with Crippen LogP contribution in [-0.4, -0.2) is 11.8 Å². The zero-order chi connectivity index (χ0) is 19.2. The minimum absolute atomic E-state index is 0.0982. The highest BCUT2D eigenvalue weighted by Gasteiger charge is 2.11. The fourth-order valence-electron chi connectivity index (χ4n) is 2.49. The Hall–Kier alpha value is -2.63. The number of halogens is 2. The van der Waals surface area contributed by atoms with E-state index in [1.165, 1.54) is 0 Å². The topological polar surface area (TPSA) is 58.2 Å². The standard InChI is InChI=1S/C21H16BrClN2O2/c22-15-6-11-19(23)18(13-15)21(27)25-17-9-7-16(8-10-17)24-20(26)12-14-4-2-1-3-5-14/h1-11,13H,12H2,(H,24,26)(H,25,27). The Kier molecular flexibility index (Phi) is 6.27. The van der Waals surface area contributed by atoms with E-state index in [9.17, 15) is 9.59 Å².